The predicted molar refractivity (Wildman–Crippen MR) is 69.6 cm³/mol. The summed E-state index contributed by atoms with van der Waals surface area (Å²) in [5, 5.41) is 0. The van der Waals surface area contributed by atoms with Crippen LogP contribution in [-0.4, -0.2) is 35.4 Å². The Balaban J connectivity index is 4.29. The van der Waals surface area contributed by atoms with Gasteiger partial charge >= 0.3 is 8.72 Å². The van der Waals surface area contributed by atoms with Crippen LogP contribution < -0.4 is 19.9 Å². The van der Waals surface area contributed by atoms with Crippen LogP contribution in [0.25, 0.3) is 0 Å². The first-order chi connectivity index (χ1) is 6.99. The van der Waals surface area contributed by atoms with Crippen molar-refractivity contribution in [1.82, 2.24) is 19.9 Å². The molecule has 0 amide bonds. The molecule has 0 fully saturated rings. The highest BCUT2D eigenvalue weighted by atomic mass is 28.4. The molecular weight excluding hydrogens is 204 g/mol. The Morgan fingerprint density at radius 2 is 1.60 bits per heavy atom. The fraction of sp³-hybridized carbons (Fsp3) is 1.00. The summed E-state index contributed by atoms with van der Waals surface area (Å²) in [6.45, 7) is 9.89. The van der Waals surface area contributed by atoms with Crippen molar-refractivity contribution in [2.24, 2.45) is 5.92 Å². The molecule has 0 saturated carbocycles. The first-order valence-corrected chi connectivity index (χ1v) is 7.90. The minimum atomic E-state index is -1.89. The molecule has 0 aromatic carbocycles. The van der Waals surface area contributed by atoms with Gasteiger partial charge in [-0.15, -0.1) is 0 Å². The van der Waals surface area contributed by atoms with Crippen LogP contribution in [0.5, 0.6) is 0 Å². The molecule has 15 heavy (non-hydrogen) atoms. The first-order valence-electron chi connectivity index (χ1n) is 5.90. The second-order valence-corrected chi connectivity index (χ2v) is 7.62. The van der Waals surface area contributed by atoms with E-state index in [2.05, 4.69) is 47.6 Å². The summed E-state index contributed by atoms with van der Waals surface area (Å²) in [7, 11) is 2.12. The summed E-state index contributed by atoms with van der Waals surface area (Å²) in [6, 6.07) is 0.524. The summed E-state index contributed by atoms with van der Waals surface area (Å²) in [6.07, 6.45) is 1.14. The molecule has 0 aliphatic rings. The Hall–Kier alpha value is 0.0569. The smallest absolute Gasteiger partial charge is 0.303 e. The molecule has 0 spiro atoms. The number of rotatable bonds is 8. The minimum Gasteiger partial charge on any atom is -0.303 e. The monoisotopic (exact) mass is 232 g/mol. The lowest BCUT2D eigenvalue weighted by atomic mass is 10.2. The van der Waals surface area contributed by atoms with E-state index in [0.717, 1.165) is 13.0 Å². The highest BCUT2D eigenvalue weighted by molar-refractivity contribution is 6.70. The Labute approximate surface area is 95.9 Å². The lowest BCUT2D eigenvalue weighted by Crippen LogP contribution is -2.80. The largest absolute Gasteiger partial charge is 0.365 e. The zero-order valence-corrected chi connectivity index (χ0v) is 12.1. The Morgan fingerprint density at radius 1 is 1.07 bits per heavy atom. The minimum absolute atomic E-state index is 0.524. The van der Waals surface area contributed by atoms with Gasteiger partial charge in [-0.25, -0.2) is 0 Å². The molecule has 92 valence electrons. The third-order valence-electron chi connectivity index (χ3n) is 2.60. The zero-order chi connectivity index (χ0) is 11.9. The van der Waals surface area contributed by atoms with Crippen LogP contribution in [0.15, 0.2) is 0 Å². The average Bonchev–Trinajstić information content (AvgIpc) is 2.24. The maximum atomic E-state index is 3.64. The van der Waals surface area contributed by atoms with E-state index in [1.165, 1.54) is 0 Å². The van der Waals surface area contributed by atoms with Crippen molar-refractivity contribution in [3.05, 3.63) is 0 Å². The topological polar surface area (TPSA) is 48.1 Å². The highest BCUT2D eigenvalue weighted by Crippen LogP contribution is 1.94. The average molecular weight is 232 g/mol. The number of hydrogen-bond donors (Lipinski definition) is 4. The molecule has 0 bridgehead atoms. The third-order valence-corrected chi connectivity index (χ3v) is 5.76. The lowest BCUT2D eigenvalue weighted by Gasteiger charge is -2.34. The molecule has 0 aliphatic heterocycles. The molecule has 5 heteroatoms. The zero-order valence-electron chi connectivity index (χ0n) is 11.1. The van der Waals surface area contributed by atoms with Crippen molar-refractivity contribution in [2.45, 2.75) is 40.2 Å². The maximum absolute atomic E-state index is 3.64. The van der Waals surface area contributed by atoms with Crippen molar-refractivity contribution in [2.75, 3.05) is 20.6 Å². The molecule has 0 aliphatic carbocycles. The van der Waals surface area contributed by atoms with E-state index >= 15 is 0 Å². The van der Waals surface area contributed by atoms with E-state index in [1.807, 2.05) is 14.1 Å². The number of nitrogens with one attached hydrogen (secondary N) is 4. The van der Waals surface area contributed by atoms with E-state index in [0.29, 0.717) is 12.0 Å². The molecule has 0 aromatic rings. The van der Waals surface area contributed by atoms with Crippen LogP contribution in [0.2, 0.25) is 0 Å². The summed E-state index contributed by atoms with van der Waals surface area (Å²) < 4.78 is 0. The van der Waals surface area contributed by atoms with Gasteiger partial charge < -0.3 is 14.9 Å². The van der Waals surface area contributed by atoms with Gasteiger partial charge in [-0.05, 0) is 33.0 Å². The molecule has 0 heterocycles. The molecule has 4 N–H and O–H groups in total. The van der Waals surface area contributed by atoms with Crippen LogP contribution in [0, 0.1) is 5.92 Å². The van der Waals surface area contributed by atoms with Gasteiger partial charge in [-0.3, -0.25) is 4.98 Å². The second-order valence-electron chi connectivity index (χ2n) is 4.48. The van der Waals surface area contributed by atoms with Gasteiger partial charge in [0.05, 0.1) is 0 Å². The van der Waals surface area contributed by atoms with E-state index in [1.54, 1.807) is 0 Å². The molecule has 0 aromatic heterocycles. The fourth-order valence-corrected chi connectivity index (χ4v) is 3.98. The number of hydrogen-bond acceptors (Lipinski definition) is 4. The third kappa shape index (κ3) is 5.63. The van der Waals surface area contributed by atoms with E-state index in [4.69, 9.17) is 0 Å². The van der Waals surface area contributed by atoms with E-state index in [9.17, 15) is 0 Å². The first kappa shape index (κ1) is 15.1. The van der Waals surface area contributed by atoms with Gasteiger partial charge in [0.1, 0.15) is 0 Å². The van der Waals surface area contributed by atoms with Gasteiger partial charge in [0.25, 0.3) is 0 Å². The Bertz CT molecular complexity index is 160. The molecule has 1 atom stereocenters. The highest BCUT2D eigenvalue weighted by Gasteiger charge is 2.32. The summed E-state index contributed by atoms with van der Waals surface area (Å²) in [5.41, 5.74) is 0. The van der Waals surface area contributed by atoms with E-state index in [-0.39, 0.29) is 0 Å². The SMILES string of the molecule is CCC(C)N[Si](NC)(NC)NCC(C)C. The summed E-state index contributed by atoms with van der Waals surface area (Å²) in [5.74, 6) is 0.664. The van der Waals surface area contributed by atoms with Crippen LogP contribution in [0.4, 0.5) is 0 Å². The summed E-state index contributed by atoms with van der Waals surface area (Å²) in [4.78, 5) is 14.0. The van der Waals surface area contributed by atoms with Crippen molar-refractivity contribution in [1.29, 1.82) is 0 Å². The van der Waals surface area contributed by atoms with Gasteiger partial charge in [0.15, 0.2) is 0 Å². The molecular formula is C10H28N4Si. The standard InChI is InChI=1S/C10H28N4Si/c1-7-10(4)14-15(11-5,12-6)13-8-9(2)3/h9-14H,7-8H2,1-6H3. The lowest BCUT2D eigenvalue weighted by molar-refractivity contribution is 0.565. The molecule has 0 rings (SSSR count). The van der Waals surface area contributed by atoms with Crippen LogP contribution >= 0.6 is 0 Å². The molecule has 4 nitrogen and oxygen atoms in total. The van der Waals surface area contributed by atoms with Crippen molar-refractivity contribution < 1.29 is 0 Å². The maximum Gasteiger partial charge on any atom is 0.365 e. The van der Waals surface area contributed by atoms with Crippen molar-refractivity contribution >= 4 is 8.72 Å². The van der Waals surface area contributed by atoms with Gasteiger partial charge in [0, 0.05) is 6.04 Å². The fourth-order valence-electron chi connectivity index (χ4n) is 1.33. The van der Waals surface area contributed by atoms with Crippen LogP contribution in [0.3, 0.4) is 0 Å². The quantitative estimate of drug-likeness (QED) is 0.460. The van der Waals surface area contributed by atoms with Crippen molar-refractivity contribution in [3.63, 3.8) is 0 Å². The van der Waals surface area contributed by atoms with Crippen LogP contribution in [-0.2, 0) is 0 Å². The van der Waals surface area contributed by atoms with Gasteiger partial charge in [-0.1, -0.05) is 27.7 Å². The second kappa shape index (κ2) is 7.35. The Kier molecular flexibility index (Phi) is 7.38. The van der Waals surface area contributed by atoms with Gasteiger partial charge in [0.2, 0.25) is 0 Å². The molecule has 1 unspecified atom stereocenters. The van der Waals surface area contributed by atoms with Crippen LogP contribution in [0.1, 0.15) is 34.1 Å². The molecule has 0 radical (unpaired) electrons. The normalized spacial score (nSPS) is 14.6. The summed E-state index contributed by atoms with van der Waals surface area (Å²) >= 11 is 0. The van der Waals surface area contributed by atoms with Crippen molar-refractivity contribution in [3.8, 4) is 0 Å². The Morgan fingerprint density at radius 3 is 1.93 bits per heavy atom. The van der Waals surface area contributed by atoms with E-state index < -0.39 is 8.72 Å². The van der Waals surface area contributed by atoms with Gasteiger partial charge in [-0.2, -0.15) is 0 Å². The predicted octanol–water partition coefficient (Wildman–Crippen LogP) is 0.495. The molecule has 0 saturated heterocycles.